The standard InChI is InChI=1S/C8H7F2NO3S/c1-11-15(13,14)8-2-5(4-12)6(9)3-7(8)10/h2-4,11H,1H3. The maximum absolute atomic E-state index is 13.1. The largest absolute Gasteiger partial charge is 0.298 e. The molecule has 0 radical (unpaired) electrons. The smallest absolute Gasteiger partial charge is 0.243 e. The van der Waals surface area contributed by atoms with Crippen LogP contribution in [0.4, 0.5) is 8.78 Å². The Morgan fingerprint density at radius 2 is 1.87 bits per heavy atom. The minimum Gasteiger partial charge on any atom is -0.298 e. The van der Waals surface area contributed by atoms with E-state index in [1.165, 1.54) is 0 Å². The quantitative estimate of drug-likeness (QED) is 0.784. The summed E-state index contributed by atoms with van der Waals surface area (Å²) in [6.07, 6.45) is 0.115. The van der Waals surface area contributed by atoms with Gasteiger partial charge in [-0.25, -0.2) is 21.9 Å². The van der Waals surface area contributed by atoms with Gasteiger partial charge in [0.1, 0.15) is 16.5 Å². The molecule has 0 amide bonds. The van der Waals surface area contributed by atoms with Crippen LogP contribution in [0.3, 0.4) is 0 Å². The highest BCUT2D eigenvalue weighted by Gasteiger charge is 2.19. The molecular formula is C8H7F2NO3S. The number of benzene rings is 1. The van der Waals surface area contributed by atoms with Crippen molar-refractivity contribution in [3.63, 3.8) is 0 Å². The van der Waals surface area contributed by atoms with Gasteiger partial charge in [-0.05, 0) is 13.1 Å². The summed E-state index contributed by atoms with van der Waals surface area (Å²) in [6.45, 7) is 0. The van der Waals surface area contributed by atoms with Crippen LogP contribution in [0.15, 0.2) is 17.0 Å². The van der Waals surface area contributed by atoms with E-state index < -0.39 is 32.1 Å². The number of sulfonamides is 1. The Balaban J connectivity index is 3.51. The van der Waals surface area contributed by atoms with Gasteiger partial charge in [-0.1, -0.05) is 0 Å². The van der Waals surface area contributed by atoms with Crippen LogP contribution in [0, 0.1) is 11.6 Å². The summed E-state index contributed by atoms with van der Waals surface area (Å²) in [5.41, 5.74) is -0.509. The third kappa shape index (κ3) is 2.18. The monoisotopic (exact) mass is 235 g/mol. The molecule has 0 aliphatic rings. The molecule has 0 unspecified atom stereocenters. The number of rotatable bonds is 3. The topological polar surface area (TPSA) is 63.2 Å². The molecule has 4 nitrogen and oxygen atoms in total. The molecule has 0 spiro atoms. The van der Waals surface area contributed by atoms with E-state index in [1.807, 2.05) is 4.72 Å². The van der Waals surface area contributed by atoms with Crippen LogP contribution in [-0.2, 0) is 10.0 Å². The lowest BCUT2D eigenvalue weighted by atomic mass is 10.2. The highest BCUT2D eigenvalue weighted by molar-refractivity contribution is 7.89. The molecule has 0 aliphatic carbocycles. The van der Waals surface area contributed by atoms with E-state index in [0.717, 1.165) is 7.05 Å². The number of hydrogen-bond acceptors (Lipinski definition) is 3. The number of carbonyl (C=O) groups is 1. The molecule has 15 heavy (non-hydrogen) atoms. The van der Waals surface area contributed by atoms with Crippen molar-refractivity contribution < 1.29 is 22.0 Å². The molecule has 1 rings (SSSR count). The van der Waals surface area contributed by atoms with Crippen LogP contribution in [0.1, 0.15) is 10.4 Å². The first kappa shape index (κ1) is 11.7. The number of carbonyl (C=O) groups excluding carboxylic acids is 1. The fourth-order valence-electron chi connectivity index (χ4n) is 0.951. The molecule has 82 valence electrons. The van der Waals surface area contributed by atoms with E-state index in [1.54, 1.807) is 0 Å². The molecule has 1 aromatic carbocycles. The summed E-state index contributed by atoms with van der Waals surface area (Å²) >= 11 is 0. The zero-order valence-electron chi connectivity index (χ0n) is 7.62. The molecule has 0 saturated heterocycles. The van der Waals surface area contributed by atoms with Crippen molar-refractivity contribution in [1.82, 2.24) is 4.72 Å². The SMILES string of the molecule is CNS(=O)(=O)c1cc(C=O)c(F)cc1F. The van der Waals surface area contributed by atoms with Gasteiger partial charge in [0.05, 0.1) is 5.56 Å². The maximum atomic E-state index is 13.1. The van der Waals surface area contributed by atoms with Gasteiger partial charge in [0.2, 0.25) is 10.0 Å². The highest BCUT2D eigenvalue weighted by atomic mass is 32.2. The van der Waals surface area contributed by atoms with Gasteiger partial charge in [-0.2, -0.15) is 0 Å². The van der Waals surface area contributed by atoms with Crippen LogP contribution in [0.25, 0.3) is 0 Å². The molecule has 1 N–H and O–H groups in total. The van der Waals surface area contributed by atoms with E-state index >= 15 is 0 Å². The number of hydrogen-bond donors (Lipinski definition) is 1. The van der Waals surface area contributed by atoms with Gasteiger partial charge >= 0.3 is 0 Å². The van der Waals surface area contributed by atoms with Gasteiger partial charge < -0.3 is 0 Å². The second kappa shape index (κ2) is 4.03. The third-order valence-corrected chi connectivity index (χ3v) is 3.17. The summed E-state index contributed by atoms with van der Waals surface area (Å²) in [4.78, 5) is 9.57. The normalized spacial score (nSPS) is 11.4. The molecule has 0 aromatic heterocycles. The summed E-state index contributed by atoms with van der Waals surface area (Å²) < 4.78 is 50.2. The Labute approximate surface area is 85.0 Å². The zero-order chi connectivity index (χ0) is 11.6. The molecule has 0 saturated carbocycles. The number of aldehydes is 1. The summed E-state index contributed by atoms with van der Waals surface area (Å²) in [5.74, 6) is -2.34. The van der Waals surface area contributed by atoms with E-state index in [-0.39, 0.29) is 6.29 Å². The number of halogens is 2. The van der Waals surface area contributed by atoms with Crippen LogP contribution in [0.5, 0.6) is 0 Å². The predicted octanol–water partition coefficient (Wildman–Crippen LogP) is 0.685. The molecular weight excluding hydrogens is 228 g/mol. The average molecular weight is 235 g/mol. The minimum atomic E-state index is -4.03. The van der Waals surface area contributed by atoms with Gasteiger partial charge in [0, 0.05) is 6.07 Å². The molecule has 0 atom stereocenters. The van der Waals surface area contributed by atoms with Crippen molar-refractivity contribution in [3.05, 3.63) is 29.3 Å². The van der Waals surface area contributed by atoms with Crippen molar-refractivity contribution in [1.29, 1.82) is 0 Å². The lowest BCUT2D eigenvalue weighted by Crippen LogP contribution is -2.20. The van der Waals surface area contributed by atoms with Crippen molar-refractivity contribution in [3.8, 4) is 0 Å². The Morgan fingerprint density at radius 1 is 1.27 bits per heavy atom. The van der Waals surface area contributed by atoms with Crippen molar-refractivity contribution in [2.45, 2.75) is 4.90 Å². The first-order chi connectivity index (χ1) is 6.92. The van der Waals surface area contributed by atoms with Crippen LogP contribution >= 0.6 is 0 Å². The highest BCUT2D eigenvalue weighted by Crippen LogP contribution is 2.17. The zero-order valence-corrected chi connectivity index (χ0v) is 8.44. The van der Waals surface area contributed by atoms with Gasteiger partial charge in [0.25, 0.3) is 0 Å². The van der Waals surface area contributed by atoms with Crippen molar-refractivity contribution in [2.24, 2.45) is 0 Å². The third-order valence-electron chi connectivity index (χ3n) is 1.74. The molecule has 0 heterocycles. The van der Waals surface area contributed by atoms with E-state index in [0.29, 0.717) is 12.1 Å². The first-order valence-electron chi connectivity index (χ1n) is 3.80. The predicted molar refractivity (Wildman–Crippen MR) is 48.0 cm³/mol. The second-order valence-corrected chi connectivity index (χ2v) is 4.48. The van der Waals surface area contributed by atoms with E-state index in [9.17, 15) is 22.0 Å². The molecule has 7 heteroatoms. The van der Waals surface area contributed by atoms with E-state index in [4.69, 9.17) is 0 Å². The summed E-state index contributed by atoms with van der Waals surface area (Å²) in [7, 11) is -2.95. The molecule has 1 aromatic rings. The Morgan fingerprint density at radius 3 is 2.33 bits per heavy atom. The maximum Gasteiger partial charge on any atom is 0.243 e. The van der Waals surface area contributed by atoms with Gasteiger partial charge in [-0.15, -0.1) is 0 Å². The first-order valence-corrected chi connectivity index (χ1v) is 5.28. The Hall–Kier alpha value is -1.34. The summed E-state index contributed by atoms with van der Waals surface area (Å²) in [6, 6.07) is 0.997. The van der Waals surface area contributed by atoms with Gasteiger partial charge in [0.15, 0.2) is 6.29 Å². The molecule has 0 bridgehead atoms. The Kier molecular flexibility index (Phi) is 3.15. The summed E-state index contributed by atoms with van der Waals surface area (Å²) in [5, 5.41) is 0. The van der Waals surface area contributed by atoms with Crippen molar-refractivity contribution >= 4 is 16.3 Å². The average Bonchev–Trinajstić information content (AvgIpc) is 2.17. The lowest BCUT2D eigenvalue weighted by Gasteiger charge is -2.05. The fraction of sp³-hybridized carbons (Fsp3) is 0.125. The minimum absolute atomic E-state index is 0.115. The fourth-order valence-corrected chi connectivity index (χ4v) is 1.77. The van der Waals surface area contributed by atoms with Crippen LogP contribution in [0.2, 0.25) is 0 Å². The van der Waals surface area contributed by atoms with Gasteiger partial charge in [-0.3, -0.25) is 4.79 Å². The van der Waals surface area contributed by atoms with E-state index in [2.05, 4.69) is 0 Å². The number of nitrogens with one attached hydrogen (secondary N) is 1. The van der Waals surface area contributed by atoms with Crippen LogP contribution < -0.4 is 4.72 Å². The second-order valence-electron chi connectivity index (χ2n) is 2.63. The van der Waals surface area contributed by atoms with Crippen molar-refractivity contribution in [2.75, 3.05) is 7.05 Å². The molecule has 0 aliphatic heterocycles. The molecule has 0 fully saturated rings. The lowest BCUT2D eigenvalue weighted by molar-refractivity contribution is 0.111. The Bertz CT molecular complexity index is 499. The van der Waals surface area contributed by atoms with Crippen LogP contribution in [-0.4, -0.2) is 21.8 Å².